The topological polar surface area (TPSA) is 71.4 Å². The molecule has 0 saturated heterocycles. The van der Waals surface area contributed by atoms with Gasteiger partial charge in [-0.3, -0.25) is 14.4 Å². The number of rotatable bonds is 11. The van der Waals surface area contributed by atoms with Crippen LogP contribution in [0.3, 0.4) is 0 Å². The third-order valence-corrected chi connectivity index (χ3v) is 4.30. The summed E-state index contributed by atoms with van der Waals surface area (Å²) >= 11 is 0. The molecule has 0 aromatic carbocycles. The Morgan fingerprint density at radius 3 is 1.76 bits per heavy atom. The van der Waals surface area contributed by atoms with E-state index in [0.717, 1.165) is 25.7 Å². The number of Topliss-reactive ketones (excluding diaryl/α,β-unsaturated/α-hetero) is 2. The normalized spacial score (nSPS) is 12.2. The van der Waals surface area contributed by atoms with Crippen LogP contribution in [0, 0.1) is 10.8 Å². The van der Waals surface area contributed by atoms with Crippen LogP contribution in [-0.2, 0) is 14.4 Å². The molecule has 0 aliphatic carbocycles. The average Bonchev–Trinajstić information content (AvgIpc) is 2.34. The van der Waals surface area contributed by atoms with Gasteiger partial charge in [-0.05, 0) is 46.5 Å². The van der Waals surface area contributed by atoms with Gasteiger partial charge in [0.2, 0.25) is 0 Å². The van der Waals surface area contributed by atoms with Crippen molar-refractivity contribution in [1.29, 1.82) is 0 Å². The minimum absolute atomic E-state index is 0.158. The fourth-order valence-corrected chi connectivity index (χ4v) is 2.02. The molecule has 0 amide bonds. The second kappa shape index (κ2) is 8.30. The van der Waals surface area contributed by atoms with Gasteiger partial charge in [-0.2, -0.15) is 0 Å². The van der Waals surface area contributed by atoms with Crippen LogP contribution in [0.25, 0.3) is 0 Å². The van der Waals surface area contributed by atoms with E-state index in [1.807, 2.05) is 13.8 Å². The van der Waals surface area contributed by atoms with Crippen molar-refractivity contribution in [3.63, 3.8) is 0 Å². The minimum Gasteiger partial charge on any atom is -0.481 e. The lowest BCUT2D eigenvalue weighted by Crippen LogP contribution is -2.23. The van der Waals surface area contributed by atoms with Crippen molar-refractivity contribution in [3.8, 4) is 0 Å². The zero-order valence-electron chi connectivity index (χ0n) is 14.1. The van der Waals surface area contributed by atoms with E-state index in [1.54, 1.807) is 20.8 Å². The highest BCUT2D eigenvalue weighted by Crippen LogP contribution is 2.25. The molecule has 0 unspecified atom stereocenters. The summed E-state index contributed by atoms with van der Waals surface area (Å²) in [5.74, 6) is -0.423. The highest BCUT2D eigenvalue weighted by atomic mass is 16.4. The minimum atomic E-state index is -0.791. The maximum Gasteiger partial charge on any atom is 0.309 e. The summed E-state index contributed by atoms with van der Waals surface area (Å²) in [6, 6.07) is 0. The third kappa shape index (κ3) is 7.98. The fourth-order valence-electron chi connectivity index (χ4n) is 2.02. The molecule has 21 heavy (non-hydrogen) atoms. The Hall–Kier alpha value is -1.19. The van der Waals surface area contributed by atoms with E-state index in [2.05, 4.69) is 0 Å². The number of hydrogen-bond donors (Lipinski definition) is 1. The van der Waals surface area contributed by atoms with Gasteiger partial charge in [0.15, 0.2) is 0 Å². The first kappa shape index (κ1) is 19.8. The molecule has 0 atom stereocenters. The molecule has 0 aromatic heterocycles. The first-order valence-electron chi connectivity index (χ1n) is 7.75. The standard InChI is InChI=1S/C17H30O4/c1-13(18)16(2,3)12-8-10-14(19)9-6-7-11-17(4,5)15(20)21/h6-12H2,1-5H3,(H,20,21). The van der Waals surface area contributed by atoms with E-state index in [-0.39, 0.29) is 17.0 Å². The molecule has 0 spiro atoms. The molecular weight excluding hydrogens is 268 g/mol. The molecular formula is C17H30O4. The van der Waals surface area contributed by atoms with E-state index >= 15 is 0 Å². The van der Waals surface area contributed by atoms with E-state index in [4.69, 9.17) is 5.11 Å². The van der Waals surface area contributed by atoms with Gasteiger partial charge in [-0.15, -0.1) is 0 Å². The van der Waals surface area contributed by atoms with Gasteiger partial charge in [0, 0.05) is 18.3 Å². The lowest BCUT2D eigenvalue weighted by Gasteiger charge is -2.20. The van der Waals surface area contributed by atoms with Crippen molar-refractivity contribution in [1.82, 2.24) is 0 Å². The zero-order valence-corrected chi connectivity index (χ0v) is 14.1. The summed E-state index contributed by atoms with van der Waals surface area (Å²) in [6.07, 6.45) is 4.59. The third-order valence-electron chi connectivity index (χ3n) is 4.30. The molecule has 0 radical (unpaired) electrons. The molecule has 4 heteroatoms. The lowest BCUT2D eigenvalue weighted by molar-refractivity contribution is -0.147. The number of ketones is 2. The second-order valence-electron chi connectivity index (χ2n) is 7.23. The van der Waals surface area contributed by atoms with Gasteiger partial charge in [-0.1, -0.05) is 20.3 Å². The Bertz CT molecular complexity index is 380. The van der Waals surface area contributed by atoms with Gasteiger partial charge in [0.05, 0.1) is 5.41 Å². The van der Waals surface area contributed by atoms with Gasteiger partial charge >= 0.3 is 5.97 Å². The van der Waals surface area contributed by atoms with Crippen molar-refractivity contribution in [2.24, 2.45) is 10.8 Å². The van der Waals surface area contributed by atoms with Crippen molar-refractivity contribution in [2.75, 3.05) is 0 Å². The number of carboxylic acid groups (broad SMARTS) is 1. The average molecular weight is 298 g/mol. The Balaban J connectivity index is 3.83. The monoisotopic (exact) mass is 298 g/mol. The summed E-state index contributed by atoms with van der Waals surface area (Å²) in [5.41, 5.74) is -1.06. The molecule has 0 aliphatic rings. The van der Waals surface area contributed by atoms with Crippen molar-refractivity contribution >= 4 is 17.5 Å². The summed E-state index contributed by atoms with van der Waals surface area (Å²) in [7, 11) is 0. The van der Waals surface area contributed by atoms with Crippen LogP contribution in [-0.4, -0.2) is 22.6 Å². The lowest BCUT2D eigenvalue weighted by atomic mass is 9.83. The van der Waals surface area contributed by atoms with Gasteiger partial charge in [0.25, 0.3) is 0 Å². The number of unbranched alkanes of at least 4 members (excludes halogenated alkanes) is 1. The van der Waals surface area contributed by atoms with Crippen LogP contribution in [0.5, 0.6) is 0 Å². The summed E-state index contributed by atoms with van der Waals surface area (Å²) < 4.78 is 0. The maximum atomic E-state index is 11.8. The Labute approximate surface area is 128 Å². The van der Waals surface area contributed by atoms with Crippen LogP contribution in [0.4, 0.5) is 0 Å². The highest BCUT2D eigenvalue weighted by molar-refractivity contribution is 5.81. The number of carbonyl (C=O) groups is 3. The van der Waals surface area contributed by atoms with E-state index in [0.29, 0.717) is 19.3 Å². The Kier molecular flexibility index (Phi) is 7.83. The van der Waals surface area contributed by atoms with Crippen molar-refractivity contribution in [3.05, 3.63) is 0 Å². The number of aliphatic carboxylic acids is 1. The quantitative estimate of drug-likeness (QED) is 0.585. The summed E-state index contributed by atoms with van der Waals surface area (Å²) in [4.78, 5) is 34.1. The molecule has 0 saturated carbocycles. The van der Waals surface area contributed by atoms with E-state index < -0.39 is 11.4 Å². The van der Waals surface area contributed by atoms with E-state index in [1.165, 1.54) is 0 Å². The first-order valence-corrected chi connectivity index (χ1v) is 7.75. The summed E-state index contributed by atoms with van der Waals surface area (Å²) in [6.45, 7) is 8.83. The van der Waals surface area contributed by atoms with Crippen LogP contribution >= 0.6 is 0 Å². The molecule has 0 aliphatic heterocycles. The van der Waals surface area contributed by atoms with E-state index in [9.17, 15) is 14.4 Å². The van der Waals surface area contributed by atoms with Gasteiger partial charge < -0.3 is 5.11 Å². The number of hydrogen-bond acceptors (Lipinski definition) is 3. The molecule has 122 valence electrons. The SMILES string of the molecule is CC(=O)C(C)(C)CCCC(=O)CCCCC(C)(C)C(=O)O. The Morgan fingerprint density at radius 1 is 0.810 bits per heavy atom. The molecule has 0 bridgehead atoms. The molecule has 0 fully saturated rings. The molecule has 1 N–H and O–H groups in total. The fraction of sp³-hybridized carbons (Fsp3) is 0.824. The predicted octanol–water partition coefficient (Wildman–Crippen LogP) is 4.01. The van der Waals surface area contributed by atoms with Gasteiger partial charge in [0.1, 0.15) is 11.6 Å². The number of carboxylic acids is 1. The second-order valence-corrected chi connectivity index (χ2v) is 7.23. The molecule has 0 aromatic rings. The Morgan fingerprint density at radius 2 is 1.29 bits per heavy atom. The molecule has 0 heterocycles. The van der Waals surface area contributed by atoms with Crippen LogP contribution in [0.1, 0.15) is 79.6 Å². The molecule has 4 nitrogen and oxygen atoms in total. The largest absolute Gasteiger partial charge is 0.481 e. The van der Waals surface area contributed by atoms with Crippen LogP contribution < -0.4 is 0 Å². The zero-order chi connectivity index (χ0) is 16.7. The van der Waals surface area contributed by atoms with Crippen LogP contribution in [0.15, 0.2) is 0 Å². The van der Waals surface area contributed by atoms with Crippen LogP contribution in [0.2, 0.25) is 0 Å². The van der Waals surface area contributed by atoms with Gasteiger partial charge in [-0.25, -0.2) is 0 Å². The summed E-state index contributed by atoms with van der Waals surface area (Å²) in [5, 5.41) is 8.99. The predicted molar refractivity (Wildman–Crippen MR) is 83.2 cm³/mol. The molecule has 0 rings (SSSR count). The maximum absolute atomic E-state index is 11.8. The highest BCUT2D eigenvalue weighted by Gasteiger charge is 2.26. The van der Waals surface area contributed by atoms with Crippen molar-refractivity contribution in [2.45, 2.75) is 79.6 Å². The smallest absolute Gasteiger partial charge is 0.309 e. The first-order chi connectivity index (χ1) is 9.49. The van der Waals surface area contributed by atoms with Crippen molar-refractivity contribution < 1.29 is 19.5 Å². The number of carbonyl (C=O) groups excluding carboxylic acids is 2.